The van der Waals surface area contributed by atoms with Gasteiger partial charge in [0.2, 0.25) is 0 Å². The van der Waals surface area contributed by atoms with Gasteiger partial charge in [-0.2, -0.15) is 5.26 Å². The van der Waals surface area contributed by atoms with Gasteiger partial charge in [-0.25, -0.2) is 15.0 Å². The molecule has 0 spiro atoms. The van der Waals surface area contributed by atoms with E-state index in [-0.39, 0.29) is 11.5 Å². The van der Waals surface area contributed by atoms with Gasteiger partial charge in [0.05, 0.1) is 11.8 Å². The summed E-state index contributed by atoms with van der Waals surface area (Å²) in [5.41, 5.74) is 2.20. The monoisotopic (exact) mass is 414 g/mol. The van der Waals surface area contributed by atoms with Gasteiger partial charge in [0.1, 0.15) is 21.2 Å². The fourth-order valence-corrected chi connectivity index (χ4v) is 6.56. The lowest BCUT2D eigenvalue weighted by atomic mass is 9.89. The Hall–Kier alpha value is -1.82. The van der Waals surface area contributed by atoms with E-state index in [1.807, 2.05) is 12.3 Å². The Bertz CT molecular complexity index is 1050. The molecule has 2 atom stereocenters. The number of rotatable bonds is 5. The van der Waals surface area contributed by atoms with E-state index in [4.69, 9.17) is 0 Å². The van der Waals surface area contributed by atoms with E-state index in [2.05, 4.69) is 27.9 Å². The maximum atomic E-state index is 12.6. The van der Waals surface area contributed by atoms with Gasteiger partial charge >= 0.3 is 0 Å². The van der Waals surface area contributed by atoms with Crippen LogP contribution in [0.1, 0.15) is 40.4 Å². The van der Waals surface area contributed by atoms with Crippen LogP contribution < -0.4 is 0 Å². The first kappa shape index (κ1) is 18.5. The van der Waals surface area contributed by atoms with Crippen LogP contribution in [0, 0.1) is 24.2 Å². The molecule has 3 aromatic rings. The molecule has 1 aliphatic rings. The summed E-state index contributed by atoms with van der Waals surface area (Å²) in [6.07, 6.45) is 4.90. The average molecular weight is 415 g/mol. The molecule has 0 saturated heterocycles. The molecule has 0 radical (unpaired) electrons. The number of thiazole rings is 1. The second kappa shape index (κ2) is 7.66. The Morgan fingerprint density at radius 1 is 1.48 bits per heavy atom. The Labute approximate surface area is 169 Å². The number of hydrogen-bond donors (Lipinski definition) is 0. The predicted octanol–water partition coefficient (Wildman–Crippen LogP) is 4.55. The van der Waals surface area contributed by atoms with Crippen LogP contribution >= 0.6 is 34.4 Å². The van der Waals surface area contributed by atoms with Gasteiger partial charge in [-0.3, -0.25) is 4.79 Å². The van der Waals surface area contributed by atoms with Crippen molar-refractivity contribution in [3.8, 4) is 6.07 Å². The largest absolute Gasteiger partial charge is 0.297 e. The maximum absolute atomic E-state index is 12.6. The highest BCUT2D eigenvalue weighted by Crippen LogP contribution is 2.40. The highest BCUT2D eigenvalue weighted by atomic mass is 32.2. The lowest BCUT2D eigenvalue weighted by Crippen LogP contribution is -2.13. The van der Waals surface area contributed by atoms with Gasteiger partial charge < -0.3 is 0 Å². The van der Waals surface area contributed by atoms with Crippen LogP contribution in [0.5, 0.6) is 0 Å². The fraction of sp³-hybridized carbons (Fsp3) is 0.421. The van der Waals surface area contributed by atoms with Gasteiger partial charge in [-0.05, 0) is 37.7 Å². The lowest BCUT2D eigenvalue weighted by molar-refractivity contribution is -0.116. The van der Waals surface area contributed by atoms with E-state index in [0.29, 0.717) is 10.9 Å². The number of aryl methyl sites for hydroxylation is 2. The second-order valence-corrected chi connectivity index (χ2v) is 9.79. The number of nitriles is 1. The predicted molar refractivity (Wildman–Crippen MR) is 110 cm³/mol. The molecule has 0 saturated carbocycles. The number of aromatic nitrogens is 3. The van der Waals surface area contributed by atoms with Gasteiger partial charge in [0.25, 0.3) is 0 Å². The van der Waals surface area contributed by atoms with Crippen molar-refractivity contribution in [2.45, 2.75) is 44.1 Å². The van der Waals surface area contributed by atoms with Crippen LogP contribution in [0.25, 0.3) is 10.2 Å². The number of Topliss-reactive ketones (excluding diaryl/α,β-unsaturated/α-hetero) is 1. The van der Waals surface area contributed by atoms with Crippen molar-refractivity contribution in [1.29, 1.82) is 5.26 Å². The van der Waals surface area contributed by atoms with Crippen LogP contribution in [0.3, 0.4) is 0 Å². The normalized spacial score (nSPS) is 17.4. The molecular weight excluding hydrogens is 396 g/mol. The molecule has 8 heteroatoms. The lowest BCUT2D eigenvalue weighted by Gasteiger charge is -2.18. The van der Waals surface area contributed by atoms with Gasteiger partial charge in [0, 0.05) is 21.3 Å². The third-order valence-corrected chi connectivity index (χ3v) is 7.94. The molecule has 138 valence electrons. The number of ketones is 1. The quantitative estimate of drug-likeness (QED) is 0.450. The molecule has 0 aliphatic heterocycles. The highest BCUT2D eigenvalue weighted by Gasteiger charge is 2.26. The molecular formula is C19H18N4OS3. The number of nitrogens with zero attached hydrogens (tertiary/aromatic N) is 4. The summed E-state index contributed by atoms with van der Waals surface area (Å²) in [5, 5.41) is 13.9. The summed E-state index contributed by atoms with van der Waals surface area (Å²) < 4.78 is 0. The summed E-state index contributed by atoms with van der Waals surface area (Å²) in [5.74, 6) is -0.00860. The van der Waals surface area contributed by atoms with Crippen molar-refractivity contribution in [2.24, 2.45) is 5.92 Å². The minimum absolute atomic E-state index is 0.124. The SMILES string of the molecule is Cc1csc([C@@H](C#N)C(=O)CSc2ncnc3sc4c(c23)CC[C@H](C)C4)n1. The van der Waals surface area contributed by atoms with Crippen LogP contribution in [-0.4, -0.2) is 26.5 Å². The topological polar surface area (TPSA) is 79.5 Å². The first-order chi connectivity index (χ1) is 13.1. The number of thioether (sulfide) groups is 1. The van der Waals surface area contributed by atoms with Crippen molar-refractivity contribution in [2.75, 3.05) is 5.75 Å². The number of carbonyl (C=O) groups excluding carboxylic acids is 1. The zero-order valence-electron chi connectivity index (χ0n) is 15.1. The van der Waals surface area contributed by atoms with E-state index in [1.54, 1.807) is 17.7 Å². The number of hydrogen-bond acceptors (Lipinski definition) is 8. The Kier molecular flexibility index (Phi) is 5.26. The molecule has 0 bridgehead atoms. The van der Waals surface area contributed by atoms with Crippen molar-refractivity contribution >= 4 is 50.4 Å². The van der Waals surface area contributed by atoms with Crippen molar-refractivity contribution in [1.82, 2.24) is 15.0 Å². The maximum Gasteiger partial charge on any atom is 0.167 e. The fourth-order valence-electron chi connectivity index (χ4n) is 3.35. The van der Waals surface area contributed by atoms with Crippen molar-refractivity contribution < 1.29 is 4.79 Å². The third kappa shape index (κ3) is 3.64. The summed E-state index contributed by atoms with van der Waals surface area (Å²) in [7, 11) is 0. The molecule has 0 aromatic carbocycles. The van der Waals surface area contributed by atoms with Gasteiger partial charge in [-0.15, -0.1) is 22.7 Å². The Morgan fingerprint density at radius 3 is 3.07 bits per heavy atom. The second-order valence-electron chi connectivity index (χ2n) is 6.85. The standard InChI is InChI=1S/C19H18N4OS3/c1-10-3-4-12-15(5-10)27-19-16(12)18(21-9-22-19)26-8-14(24)13(6-20)17-23-11(2)7-25-17/h7,9-10,13H,3-5,8H2,1-2H3/t10-,13-/m0/s1. The van der Waals surface area contributed by atoms with E-state index >= 15 is 0 Å². The third-order valence-electron chi connectivity index (χ3n) is 4.74. The summed E-state index contributed by atoms with van der Waals surface area (Å²) in [4.78, 5) is 28.3. The van der Waals surface area contributed by atoms with Crippen molar-refractivity contribution in [3.63, 3.8) is 0 Å². The van der Waals surface area contributed by atoms with Gasteiger partial charge in [-0.1, -0.05) is 18.7 Å². The smallest absolute Gasteiger partial charge is 0.167 e. The number of thiophene rings is 1. The van der Waals surface area contributed by atoms with Gasteiger partial charge in [0.15, 0.2) is 11.7 Å². The van der Waals surface area contributed by atoms with Crippen LogP contribution in [0.2, 0.25) is 0 Å². The Balaban J connectivity index is 1.57. The first-order valence-corrected chi connectivity index (χ1v) is 11.5. The van der Waals surface area contributed by atoms with Crippen LogP contribution in [0.15, 0.2) is 16.7 Å². The molecule has 0 fully saturated rings. The highest BCUT2D eigenvalue weighted by molar-refractivity contribution is 8.00. The molecule has 27 heavy (non-hydrogen) atoms. The van der Waals surface area contributed by atoms with E-state index in [1.165, 1.54) is 40.0 Å². The minimum Gasteiger partial charge on any atom is -0.297 e. The van der Waals surface area contributed by atoms with E-state index in [9.17, 15) is 10.1 Å². The molecule has 0 N–H and O–H groups in total. The first-order valence-electron chi connectivity index (χ1n) is 8.79. The number of carbonyl (C=O) groups is 1. The summed E-state index contributed by atoms with van der Waals surface area (Å²) in [6, 6.07) is 2.11. The summed E-state index contributed by atoms with van der Waals surface area (Å²) in [6.45, 7) is 4.15. The minimum atomic E-state index is -0.800. The average Bonchev–Trinajstić information content (AvgIpc) is 3.23. The Morgan fingerprint density at radius 2 is 2.33 bits per heavy atom. The number of fused-ring (bicyclic) bond motifs is 3. The zero-order valence-corrected chi connectivity index (χ0v) is 17.5. The zero-order chi connectivity index (χ0) is 19.0. The molecule has 3 aromatic heterocycles. The molecule has 0 amide bonds. The molecule has 0 unspecified atom stereocenters. The summed E-state index contributed by atoms with van der Waals surface area (Å²) >= 11 is 4.53. The van der Waals surface area contributed by atoms with Crippen LogP contribution in [-0.2, 0) is 17.6 Å². The van der Waals surface area contributed by atoms with E-state index in [0.717, 1.165) is 33.8 Å². The molecule has 4 rings (SSSR count). The van der Waals surface area contributed by atoms with Crippen LogP contribution in [0.4, 0.5) is 0 Å². The molecule has 1 aliphatic carbocycles. The van der Waals surface area contributed by atoms with E-state index < -0.39 is 5.92 Å². The van der Waals surface area contributed by atoms with Crippen molar-refractivity contribution in [3.05, 3.63) is 32.8 Å². The molecule has 3 heterocycles. The molecule has 5 nitrogen and oxygen atoms in total.